The molecule has 0 atom stereocenters. The predicted molar refractivity (Wildman–Crippen MR) is 112 cm³/mol. The number of nitrogens with one attached hydrogen (secondary N) is 1. The number of carbonyl (C=O) groups excluding carboxylic acids is 3. The van der Waals surface area contributed by atoms with Gasteiger partial charge in [0.1, 0.15) is 0 Å². The van der Waals surface area contributed by atoms with Crippen LogP contribution in [-0.2, 0) is 25.5 Å². The van der Waals surface area contributed by atoms with E-state index in [-0.39, 0.29) is 36.2 Å². The first-order valence-electron chi connectivity index (χ1n) is 9.37. The second-order valence-electron chi connectivity index (χ2n) is 6.97. The highest BCUT2D eigenvalue weighted by Gasteiger charge is 2.21. The first-order valence-corrected chi connectivity index (χ1v) is 9.37. The smallest absolute Gasteiger partial charge is 0.334 e. The van der Waals surface area contributed by atoms with Crippen molar-refractivity contribution >= 4 is 30.3 Å². The van der Waals surface area contributed by atoms with Crippen molar-refractivity contribution in [1.29, 1.82) is 0 Å². The molecular formula is C21H29ClN2O5. The quantitative estimate of drug-likeness (QED) is 0.556. The first-order chi connectivity index (χ1) is 13.4. The standard InChI is InChI=1S/C21H28N2O5.ClH/c1-14(2)18-12-16(20(25)23-9-7-22-8-10-23)6-5-15(18)11-17(21(26)28-4)13-19(24)27-3;/h5-6,12-14,22H,7-11H2,1-4H3;1H/b17-13-;. The van der Waals surface area contributed by atoms with E-state index < -0.39 is 11.9 Å². The van der Waals surface area contributed by atoms with E-state index in [4.69, 9.17) is 4.74 Å². The van der Waals surface area contributed by atoms with E-state index in [0.717, 1.165) is 30.3 Å². The van der Waals surface area contributed by atoms with E-state index in [1.165, 1.54) is 14.2 Å². The highest BCUT2D eigenvalue weighted by Crippen LogP contribution is 2.25. The molecule has 1 aliphatic rings. The minimum absolute atomic E-state index is 0. The Morgan fingerprint density at radius 1 is 1.14 bits per heavy atom. The lowest BCUT2D eigenvalue weighted by molar-refractivity contribution is -0.138. The van der Waals surface area contributed by atoms with Crippen LogP contribution in [0.15, 0.2) is 29.8 Å². The van der Waals surface area contributed by atoms with Crippen molar-refractivity contribution in [2.24, 2.45) is 0 Å². The normalized spacial score (nSPS) is 14.2. The molecule has 1 N–H and O–H groups in total. The number of piperazine rings is 1. The Morgan fingerprint density at radius 2 is 1.79 bits per heavy atom. The van der Waals surface area contributed by atoms with Crippen LogP contribution in [-0.4, -0.2) is 63.1 Å². The Balaban J connectivity index is 0.00000420. The number of hydrogen-bond acceptors (Lipinski definition) is 6. The van der Waals surface area contributed by atoms with Gasteiger partial charge >= 0.3 is 11.9 Å². The Kier molecular flexibility index (Phi) is 9.85. The van der Waals surface area contributed by atoms with Crippen LogP contribution in [0.3, 0.4) is 0 Å². The number of esters is 2. The molecule has 0 saturated carbocycles. The second kappa shape index (κ2) is 11.6. The minimum atomic E-state index is -0.614. The first kappa shape index (κ1) is 24.7. The maximum Gasteiger partial charge on any atom is 0.334 e. The monoisotopic (exact) mass is 424 g/mol. The molecule has 1 aliphatic heterocycles. The van der Waals surface area contributed by atoms with E-state index in [1.54, 1.807) is 6.07 Å². The Labute approximate surface area is 177 Å². The van der Waals surface area contributed by atoms with Crippen molar-refractivity contribution in [3.05, 3.63) is 46.5 Å². The number of halogens is 1. The Hall–Kier alpha value is -2.38. The van der Waals surface area contributed by atoms with E-state index in [0.29, 0.717) is 18.7 Å². The zero-order chi connectivity index (χ0) is 20.7. The summed E-state index contributed by atoms with van der Waals surface area (Å²) in [5, 5.41) is 3.24. The number of carbonyl (C=O) groups is 3. The van der Waals surface area contributed by atoms with Crippen LogP contribution in [0.5, 0.6) is 0 Å². The number of hydrogen-bond donors (Lipinski definition) is 1. The molecule has 1 amide bonds. The molecular weight excluding hydrogens is 396 g/mol. The highest BCUT2D eigenvalue weighted by molar-refractivity contribution is 5.97. The number of ether oxygens (including phenoxy) is 2. The van der Waals surface area contributed by atoms with Crippen molar-refractivity contribution in [3.8, 4) is 0 Å². The average Bonchev–Trinajstić information content (AvgIpc) is 2.72. The lowest BCUT2D eigenvalue weighted by atomic mass is 9.90. The summed E-state index contributed by atoms with van der Waals surface area (Å²) in [7, 11) is 2.52. The molecule has 29 heavy (non-hydrogen) atoms. The van der Waals surface area contributed by atoms with Crippen LogP contribution in [0.25, 0.3) is 0 Å². The van der Waals surface area contributed by atoms with E-state index >= 15 is 0 Å². The molecule has 0 unspecified atom stereocenters. The van der Waals surface area contributed by atoms with Crippen LogP contribution < -0.4 is 5.32 Å². The lowest BCUT2D eigenvalue weighted by Crippen LogP contribution is -2.46. The molecule has 1 fully saturated rings. The fraction of sp³-hybridized carbons (Fsp3) is 0.476. The van der Waals surface area contributed by atoms with Crippen molar-refractivity contribution in [2.45, 2.75) is 26.2 Å². The van der Waals surface area contributed by atoms with Crippen molar-refractivity contribution in [3.63, 3.8) is 0 Å². The zero-order valence-corrected chi connectivity index (χ0v) is 18.1. The third-order valence-corrected chi connectivity index (χ3v) is 4.74. The molecule has 160 valence electrons. The Bertz CT molecular complexity index is 770. The van der Waals surface area contributed by atoms with Gasteiger partial charge in [-0.15, -0.1) is 12.4 Å². The fourth-order valence-corrected chi connectivity index (χ4v) is 3.20. The van der Waals surface area contributed by atoms with Crippen LogP contribution >= 0.6 is 12.4 Å². The maximum atomic E-state index is 12.8. The molecule has 1 saturated heterocycles. The van der Waals surface area contributed by atoms with E-state index in [9.17, 15) is 14.4 Å². The van der Waals surface area contributed by atoms with Gasteiger partial charge in [-0.3, -0.25) is 4.79 Å². The fourth-order valence-electron chi connectivity index (χ4n) is 3.20. The molecule has 0 bridgehead atoms. The topological polar surface area (TPSA) is 84.9 Å². The number of methoxy groups -OCH3 is 2. The lowest BCUT2D eigenvalue weighted by Gasteiger charge is -2.28. The minimum Gasteiger partial charge on any atom is -0.466 e. The van der Waals surface area contributed by atoms with Crippen molar-refractivity contribution < 1.29 is 23.9 Å². The van der Waals surface area contributed by atoms with E-state index in [1.807, 2.05) is 30.9 Å². The number of benzene rings is 1. The summed E-state index contributed by atoms with van der Waals surface area (Å²) in [6.45, 7) is 7.01. The number of amides is 1. The number of nitrogens with zero attached hydrogens (tertiary/aromatic N) is 1. The van der Waals surface area contributed by atoms with Gasteiger partial charge in [-0.2, -0.15) is 0 Å². The molecule has 0 radical (unpaired) electrons. The van der Waals surface area contributed by atoms with Gasteiger partial charge in [-0.25, -0.2) is 9.59 Å². The predicted octanol–water partition coefficient (Wildman–Crippen LogP) is 2.09. The van der Waals surface area contributed by atoms with Crippen LogP contribution in [0.1, 0.15) is 41.3 Å². The third-order valence-electron chi connectivity index (χ3n) is 4.74. The summed E-state index contributed by atoms with van der Waals surface area (Å²) >= 11 is 0. The SMILES string of the molecule is COC(=O)/C=C(/Cc1ccc(C(=O)N2CCNCC2)cc1C(C)C)C(=O)OC.Cl. The summed E-state index contributed by atoms with van der Waals surface area (Å²) in [6.07, 6.45) is 1.37. The van der Waals surface area contributed by atoms with Gasteiger partial charge in [-0.1, -0.05) is 19.9 Å². The highest BCUT2D eigenvalue weighted by atomic mass is 35.5. The summed E-state index contributed by atoms with van der Waals surface area (Å²) in [6, 6.07) is 5.51. The van der Waals surface area contributed by atoms with Crippen LogP contribution in [0, 0.1) is 0 Å². The van der Waals surface area contributed by atoms with Gasteiger partial charge in [0.2, 0.25) is 0 Å². The Morgan fingerprint density at radius 3 is 2.34 bits per heavy atom. The van der Waals surface area contributed by atoms with Gasteiger partial charge in [0.25, 0.3) is 5.91 Å². The zero-order valence-electron chi connectivity index (χ0n) is 17.3. The summed E-state index contributed by atoms with van der Waals surface area (Å²) in [5.74, 6) is -1.05. The molecule has 1 aromatic carbocycles. The molecule has 0 spiro atoms. The van der Waals surface area contributed by atoms with Gasteiger partial charge in [0.15, 0.2) is 0 Å². The summed E-state index contributed by atoms with van der Waals surface area (Å²) in [4.78, 5) is 38.3. The summed E-state index contributed by atoms with van der Waals surface area (Å²) < 4.78 is 9.42. The molecule has 8 heteroatoms. The van der Waals surface area contributed by atoms with Crippen LogP contribution in [0.2, 0.25) is 0 Å². The van der Waals surface area contributed by atoms with Gasteiger partial charge in [0.05, 0.1) is 14.2 Å². The average molecular weight is 425 g/mol. The molecule has 2 rings (SSSR count). The largest absolute Gasteiger partial charge is 0.466 e. The molecule has 0 aromatic heterocycles. The number of rotatable bonds is 6. The van der Waals surface area contributed by atoms with Crippen molar-refractivity contribution in [1.82, 2.24) is 10.2 Å². The third kappa shape index (κ3) is 6.58. The molecule has 7 nitrogen and oxygen atoms in total. The molecule has 0 aliphatic carbocycles. The van der Waals surface area contributed by atoms with Gasteiger partial charge < -0.3 is 19.7 Å². The maximum absolute atomic E-state index is 12.8. The summed E-state index contributed by atoms with van der Waals surface area (Å²) in [5.41, 5.74) is 2.66. The molecule has 1 aromatic rings. The van der Waals surface area contributed by atoms with E-state index in [2.05, 4.69) is 10.1 Å². The van der Waals surface area contributed by atoms with Gasteiger partial charge in [-0.05, 0) is 29.2 Å². The molecule has 1 heterocycles. The van der Waals surface area contributed by atoms with Crippen LogP contribution in [0.4, 0.5) is 0 Å². The van der Waals surface area contributed by atoms with Crippen molar-refractivity contribution in [2.75, 3.05) is 40.4 Å². The van der Waals surface area contributed by atoms with Gasteiger partial charge in [0, 0.05) is 49.8 Å². The second-order valence-corrected chi connectivity index (χ2v) is 6.97.